The highest BCUT2D eigenvalue weighted by atomic mass is 35.5. The Hall–Kier alpha value is -4.52. The normalized spacial score (nSPS) is 12.2. The van der Waals surface area contributed by atoms with Crippen molar-refractivity contribution in [2.24, 2.45) is 0 Å². The van der Waals surface area contributed by atoms with E-state index in [0.29, 0.717) is 23.0 Å². The van der Waals surface area contributed by atoms with Gasteiger partial charge in [0.25, 0.3) is 11.4 Å². The maximum absolute atomic E-state index is 13.5. The van der Waals surface area contributed by atoms with E-state index in [-0.39, 0.29) is 45.0 Å². The zero-order chi connectivity index (χ0) is 24.0. The number of aromatic amines is 1. The molecule has 4 heterocycles. The lowest BCUT2D eigenvalue weighted by atomic mass is 10.2. The topological polar surface area (TPSA) is 192 Å². The third-order valence-corrected chi connectivity index (χ3v) is 5.34. The molecule has 0 saturated heterocycles. The van der Waals surface area contributed by atoms with E-state index >= 15 is 0 Å². The molecule has 34 heavy (non-hydrogen) atoms. The van der Waals surface area contributed by atoms with Gasteiger partial charge in [-0.25, -0.2) is 9.55 Å². The minimum absolute atomic E-state index is 0.0498. The van der Waals surface area contributed by atoms with Crippen molar-refractivity contribution >= 4 is 40.1 Å². The molecule has 172 valence electrons. The monoisotopic (exact) mass is 479 g/mol. The molecular formula is C20H18ClN11O2. The number of halogens is 1. The third kappa shape index (κ3) is 3.57. The van der Waals surface area contributed by atoms with Crippen LogP contribution in [0, 0.1) is 6.92 Å². The van der Waals surface area contributed by atoms with Gasteiger partial charge < -0.3 is 21.2 Å². The Morgan fingerprint density at radius 1 is 1.18 bits per heavy atom. The van der Waals surface area contributed by atoms with E-state index in [1.54, 1.807) is 44.3 Å². The van der Waals surface area contributed by atoms with Crippen LogP contribution in [-0.2, 0) is 0 Å². The van der Waals surface area contributed by atoms with Gasteiger partial charge in [-0.3, -0.25) is 9.89 Å². The number of aryl methyl sites for hydroxylation is 1. The Morgan fingerprint density at radius 3 is 2.71 bits per heavy atom. The van der Waals surface area contributed by atoms with Crippen molar-refractivity contribution < 1.29 is 4.42 Å². The van der Waals surface area contributed by atoms with Gasteiger partial charge in [0.05, 0.1) is 22.0 Å². The van der Waals surface area contributed by atoms with Gasteiger partial charge in [-0.2, -0.15) is 15.1 Å². The molecule has 0 aliphatic rings. The lowest BCUT2D eigenvalue weighted by Gasteiger charge is -2.20. The van der Waals surface area contributed by atoms with Crippen LogP contribution in [0.25, 0.3) is 28.2 Å². The van der Waals surface area contributed by atoms with Crippen LogP contribution in [0.1, 0.15) is 24.7 Å². The highest BCUT2D eigenvalue weighted by molar-refractivity contribution is 6.35. The van der Waals surface area contributed by atoms with E-state index < -0.39 is 6.04 Å². The van der Waals surface area contributed by atoms with Crippen molar-refractivity contribution in [1.29, 1.82) is 0 Å². The second-order valence-electron chi connectivity index (χ2n) is 7.36. The van der Waals surface area contributed by atoms with Crippen molar-refractivity contribution in [3.63, 3.8) is 0 Å². The lowest BCUT2D eigenvalue weighted by molar-refractivity contribution is 0.532. The molecule has 0 unspecified atom stereocenters. The van der Waals surface area contributed by atoms with Gasteiger partial charge in [-0.1, -0.05) is 17.7 Å². The maximum Gasteiger partial charge on any atom is 0.268 e. The van der Waals surface area contributed by atoms with Crippen LogP contribution < -0.4 is 22.3 Å². The molecule has 0 radical (unpaired) electrons. The third-order valence-electron chi connectivity index (χ3n) is 5.02. The number of H-pyrrole nitrogens is 1. The molecule has 4 aromatic heterocycles. The van der Waals surface area contributed by atoms with E-state index in [1.165, 1.54) is 4.57 Å². The van der Waals surface area contributed by atoms with Crippen molar-refractivity contribution in [2.45, 2.75) is 19.9 Å². The van der Waals surface area contributed by atoms with Crippen molar-refractivity contribution in [2.75, 3.05) is 16.8 Å². The van der Waals surface area contributed by atoms with Crippen LogP contribution in [0.3, 0.4) is 0 Å². The summed E-state index contributed by atoms with van der Waals surface area (Å²) in [6, 6.07) is 6.12. The second kappa shape index (κ2) is 8.12. The Morgan fingerprint density at radius 2 is 2.00 bits per heavy atom. The van der Waals surface area contributed by atoms with Crippen LogP contribution in [-0.4, -0.2) is 39.9 Å². The number of anilines is 3. The summed E-state index contributed by atoms with van der Waals surface area (Å²) in [7, 11) is 0. The van der Waals surface area contributed by atoms with Gasteiger partial charge >= 0.3 is 0 Å². The first kappa shape index (κ1) is 21.3. The molecule has 6 N–H and O–H groups in total. The van der Waals surface area contributed by atoms with Gasteiger partial charge in [-0.15, -0.1) is 10.2 Å². The summed E-state index contributed by atoms with van der Waals surface area (Å²) in [5.74, 6) is 1.37. The van der Waals surface area contributed by atoms with Crippen LogP contribution in [0.5, 0.6) is 0 Å². The summed E-state index contributed by atoms with van der Waals surface area (Å²) >= 11 is 6.32. The summed E-state index contributed by atoms with van der Waals surface area (Å²) in [5, 5.41) is 18.5. The first-order valence-corrected chi connectivity index (χ1v) is 10.4. The Labute approximate surface area is 196 Å². The lowest BCUT2D eigenvalue weighted by Crippen LogP contribution is -2.28. The highest BCUT2D eigenvalue weighted by Gasteiger charge is 2.24. The molecule has 0 spiro atoms. The quantitative estimate of drug-likeness (QED) is 0.288. The number of nitrogens with two attached hydrogens (primary N) is 2. The average Bonchev–Trinajstić information content (AvgIpc) is 3.45. The predicted octanol–water partition coefficient (Wildman–Crippen LogP) is 2.25. The van der Waals surface area contributed by atoms with E-state index in [4.69, 9.17) is 32.5 Å². The number of hydrogen-bond acceptors (Lipinski definition) is 11. The molecule has 13 nitrogen and oxygen atoms in total. The molecular weight excluding hydrogens is 462 g/mol. The molecule has 0 bridgehead atoms. The number of hydrogen-bond donors (Lipinski definition) is 4. The van der Waals surface area contributed by atoms with E-state index in [0.717, 1.165) is 0 Å². The van der Waals surface area contributed by atoms with E-state index in [2.05, 4.69) is 35.7 Å². The van der Waals surface area contributed by atoms with Crippen LogP contribution >= 0.6 is 11.6 Å². The summed E-state index contributed by atoms with van der Waals surface area (Å²) < 4.78 is 6.90. The molecule has 5 rings (SSSR count). The Bertz CT molecular complexity index is 1580. The average molecular weight is 480 g/mol. The molecule has 14 heteroatoms. The minimum atomic E-state index is -0.593. The summed E-state index contributed by atoms with van der Waals surface area (Å²) in [5.41, 5.74) is 12.3. The largest absolute Gasteiger partial charge is 0.421 e. The smallest absolute Gasteiger partial charge is 0.268 e. The second-order valence-corrected chi connectivity index (χ2v) is 7.77. The van der Waals surface area contributed by atoms with Gasteiger partial charge in [0, 0.05) is 19.2 Å². The molecule has 0 aliphatic carbocycles. The van der Waals surface area contributed by atoms with Gasteiger partial charge in [0.2, 0.25) is 11.8 Å². The Kier molecular flexibility index (Phi) is 5.09. The first-order valence-electron chi connectivity index (χ1n) is 10.0. The minimum Gasteiger partial charge on any atom is -0.421 e. The number of fused-ring (bicyclic) bond motifs is 1. The predicted molar refractivity (Wildman–Crippen MR) is 125 cm³/mol. The summed E-state index contributed by atoms with van der Waals surface area (Å²) in [6.07, 6.45) is 1.60. The fourth-order valence-corrected chi connectivity index (χ4v) is 3.82. The molecule has 1 atom stereocenters. The number of benzene rings is 1. The molecule has 0 saturated carbocycles. The van der Waals surface area contributed by atoms with E-state index in [1.807, 2.05) is 0 Å². The Balaban J connectivity index is 1.68. The number of nitrogens with one attached hydrogen (secondary N) is 2. The molecule has 5 aromatic rings. The SMILES string of the molecule is Cc1nnc(-c2c(N)nc(N)nc2N[C@@H](C)c2nc3cccc(Cl)c3c(=O)n2-c2cc[nH]n2)o1. The number of nitrogens with zero attached hydrogens (tertiary/aromatic N) is 7. The number of rotatable bonds is 5. The van der Waals surface area contributed by atoms with Crippen molar-refractivity contribution in [3.8, 4) is 17.3 Å². The van der Waals surface area contributed by atoms with Gasteiger partial charge in [0.1, 0.15) is 23.0 Å². The summed E-state index contributed by atoms with van der Waals surface area (Å²) in [6.45, 7) is 3.44. The van der Waals surface area contributed by atoms with Gasteiger partial charge in [-0.05, 0) is 19.1 Å². The first-order chi connectivity index (χ1) is 16.3. The number of nitrogen functional groups attached to an aromatic ring is 2. The number of aromatic nitrogens is 8. The van der Waals surface area contributed by atoms with Crippen LogP contribution in [0.4, 0.5) is 17.6 Å². The van der Waals surface area contributed by atoms with Crippen LogP contribution in [0.2, 0.25) is 5.02 Å². The summed E-state index contributed by atoms with van der Waals surface area (Å²) in [4.78, 5) is 26.5. The molecule has 0 amide bonds. The van der Waals surface area contributed by atoms with Crippen LogP contribution in [0.15, 0.2) is 39.7 Å². The standard InChI is InChI=1S/C20H18ClN11O2/c1-8(25-16-14(15(22)27-20(23)28-16)18-31-29-9(2)34-18)17-26-11-5-3-4-10(21)13(11)19(33)32(17)12-6-7-24-30-12/h3-8H,1-2H3,(H,24,30)(H5,22,23,25,27,28)/t8-/m0/s1. The van der Waals surface area contributed by atoms with E-state index in [9.17, 15) is 4.79 Å². The highest BCUT2D eigenvalue weighted by Crippen LogP contribution is 2.33. The van der Waals surface area contributed by atoms with Gasteiger partial charge in [0.15, 0.2) is 5.82 Å². The molecule has 0 fully saturated rings. The molecule has 0 aliphatic heterocycles. The zero-order valence-corrected chi connectivity index (χ0v) is 18.7. The fraction of sp³-hybridized carbons (Fsp3) is 0.150. The van der Waals surface area contributed by atoms with Crippen molar-refractivity contribution in [3.05, 3.63) is 57.6 Å². The molecule has 1 aromatic carbocycles. The fourth-order valence-electron chi connectivity index (χ4n) is 3.57. The zero-order valence-electron chi connectivity index (χ0n) is 17.9. The van der Waals surface area contributed by atoms with Crippen molar-refractivity contribution in [1.82, 2.24) is 39.9 Å². The maximum atomic E-state index is 13.5.